The van der Waals surface area contributed by atoms with Crippen molar-refractivity contribution in [3.05, 3.63) is 53.6 Å². The Hall–Kier alpha value is -2.51. The predicted molar refractivity (Wildman–Crippen MR) is 121 cm³/mol. The molecule has 162 valence electrons. The van der Waals surface area contributed by atoms with Crippen molar-refractivity contribution in [3.8, 4) is 0 Å². The van der Waals surface area contributed by atoms with Gasteiger partial charge in [-0.2, -0.15) is 0 Å². The van der Waals surface area contributed by atoms with Crippen molar-refractivity contribution in [2.24, 2.45) is 5.92 Å². The van der Waals surface area contributed by atoms with Crippen molar-refractivity contribution in [3.63, 3.8) is 0 Å². The van der Waals surface area contributed by atoms with E-state index < -0.39 is 17.5 Å². The molecule has 1 spiro atoms. The number of benzene rings is 2. The quantitative estimate of drug-likeness (QED) is 0.624. The lowest BCUT2D eigenvalue weighted by Gasteiger charge is -2.36. The Bertz CT molecular complexity index is 1010. The first-order chi connectivity index (χ1) is 14.9. The van der Waals surface area contributed by atoms with Gasteiger partial charge in [0.2, 0.25) is 5.91 Å². The SMILES string of the molecule is C[C@@H]1CCCC[C@]12NC(=O)N(CC(=O)Nc1ccccc1Sc1ccc(Cl)cc1)C2=O. The predicted octanol–water partition coefficient (Wildman–Crippen LogP) is 4.93. The molecule has 1 aliphatic heterocycles. The Morgan fingerprint density at radius 1 is 1.19 bits per heavy atom. The first-order valence-electron chi connectivity index (χ1n) is 10.4. The number of halogens is 1. The number of carbonyl (C=O) groups excluding carboxylic acids is 3. The number of nitrogens with zero attached hydrogens (tertiary/aromatic N) is 1. The van der Waals surface area contributed by atoms with Gasteiger partial charge in [0, 0.05) is 14.8 Å². The smallest absolute Gasteiger partial charge is 0.323 e. The third kappa shape index (κ3) is 4.43. The molecule has 2 atom stereocenters. The second-order valence-electron chi connectivity index (χ2n) is 8.04. The van der Waals surface area contributed by atoms with Gasteiger partial charge >= 0.3 is 6.03 Å². The van der Waals surface area contributed by atoms with Crippen molar-refractivity contribution < 1.29 is 14.4 Å². The van der Waals surface area contributed by atoms with Gasteiger partial charge in [-0.15, -0.1) is 0 Å². The lowest BCUT2D eigenvalue weighted by molar-refractivity contribution is -0.136. The molecule has 0 aromatic heterocycles. The molecular weight excluding hydrogens is 434 g/mol. The van der Waals surface area contributed by atoms with Crippen molar-refractivity contribution >= 4 is 46.9 Å². The Kier molecular flexibility index (Phi) is 6.25. The second kappa shape index (κ2) is 8.93. The van der Waals surface area contributed by atoms with Gasteiger partial charge in [-0.1, -0.05) is 55.3 Å². The van der Waals surface area contributed by atoms with Crippen molar-refractivity contribution in [1.82, 2.24) is 10.2 Å². The van der Waals surface area contributed by atoms with Gasteiger partial charge in [0.05, 0.1) is 5.69 Å². The van der Waals surface area contributed by atoms with Gasteiger partial charge in [0.1, 0.15) is 12.1 Å². The van der Waals surface area contributed by atoms with Crippen LogP contribution in [0.25, 0.3) is 0 Å². The highest BCUT2D eigenvalue weighted by atomic mass is 35.5. The standard InChI is InChI=1S/C23H24ClN3O3S/c1-15-6-4-5-13-23(15)21(29)27(22(30)26-23)14-20(28)25-18-7-2-3-8-19(18)31-17-11-9-16(24)10-12-17/h2-3,7-12,15H,4-6,13-14H2,1H3,(H,25,28)(H,26,30)/t15-,23+/m1/s1. The first-order valence-corrected chi connectivity index (χ1v) is 11.5. The molecule has 4 rings (SSSR count). The summed E-state index contributed by atoms with van der Waals surface area (Å²) in [5.74, 6) is -0.640. The van der Waals surface area contributed by atoms with Crippen molar-refractivity contribution in [2.45, 2.75) is 47.9 Å². The summed E-state index contributed by atoms with van der Waals surface area (Å²) in [4.78, 5) is 41.2. The highest BCUT2D eigenvalue weighted by Gasteiger charge is 2.55. The first kappa shape index (κ1) is 21.7. The van der Waals surface area contributed by atoms with Crippen LogP contribution in [0.1, 0.15) is 32.6 Å². The van der Waals surface area contributed by atoms with E-state index in [1.165, 1.54) is 11.8 Å². The zero-order valence-electron chi connectivity index (χ0n) is 17.2. The van der Waals surface area contributed by atoms with Gasteiger partial charge in [0.25, 0.3) is 5.91 Å². The molecule has 2 aromatic rings. The molecule has 0 bridgehead atoms. The minimum absolute atomic E-state index is 0.0577. The van der Waals surface area contributed by atoms with Crippen LogP contribution in [0.3, 0.4) is 0 Å². The van der Waals surface area contributed by atoms with E-state index >= 15 is 0 Å². The molecule has 8 heteroatoms. The average Bonchev–Trinajstić information content (AvgIpc) is 2.98. The number of carbonyl (C=O) groups is 3. The Morgan fingerprint density at radius 2 is 1.94 bits per heavy atom. The highest BCUT2D eigenvalue weighted by Crippen LogP contribution is 2.38. The molecule has 31 heavy (non-hydrogen) atoms. The van der Waals surface area contributed by atoms with Gasteiger partial charge < -0.3 is 10.6 Å². The number of amides is 4. The van der Waals surface area contributed by atoms with Crippen LogP contribution < -0.4 is 10.6 Å². The maximum Gasteiger partial charge on any atom is 0.325 e. The summed E-state index contributed by atoms with van der Waals surface area (Å²) in [6.45, 7) is 1.68. The molecule has 2 aliphatic rings. The minimum atomic E-state index is -0.863. The lowest BCUT2D eigenvalue weighted by atomic mass is 9.73. The number of rotatable bonds is 5. The molecule has 4 amide bonds. The summed E-state index contributed by atoms with van der Waals surface area (Å²) in [5, 5.41) is 6.39. The summed E-state index contributed by atoms with van der Waals surface area (Å²) < 4.78 is 0. The van der Waals surface area contributed by atoms with E-state index in [9.17, 15) is 14.4 Å². The van der Waals surface area contributed by atoms with E-state index in [4.69, 9.17) is 11.6 Å². The van der Waals surface area contributed by atoms with Crippen LogP contribution in [0.15, 0.2) is 58.3 Å². The maximum atomic E-state index is 13.1. The molecule has 1 saturated carbocycles. The summed E-state index contributed by atoms with van der Waals surface area (Å²) in [5.41, 5.74) is -0.238. The fourth-order valence-electron chi connectivity index (χ4n) is 4.26. The largest absolute Gasteiger partial charge is 0.325 e. The Labute approximate surface area is 190 Å². The third-order valence-electron chi connectivity index (χ3n) is 6.01. The maximum absolute atomic E-state index is 13.1. The van der Waals surface area contributed by atoms with Gasteiger partial charge in [0.15, 0.2) is 0 Å². The van der Waals surface area contributed by atoms with Crippen LogP contribution >= 0.6 is 23.4 Å². The molecule has 2 aromatic carbocycles. The highest BCUT2D eigenvalue weighted by molar-refractivity contribution is 7.99. The summed E-state index contributed by atoms with van der Waals surface area (Å²) in [6, 6.07) is 14.4. The monoisotopic (exact) mass is 457 g/mol. The molecule has 1 aliphatic carbocycles. The average molecular weight is 458 g/mol. The van der Waals surface area contributed by atoms with Gasteiger partial charge in [-0.25, -0.2) is 4.79 Å². The van der Waals surface area contributed by atoms with Crippen LogP contribution in [0.5, 0.6) is 0 Å². The van der Waals surface area contributed by atoms with E-state index in [1.807, 2.05) is 49.4 Å². The molecule has 2 N–H and O–H groups in total. The topological polar surface area (TPSA) is 78.5 Å². The van der Waals surface area contributed by atoms with Crippen LogP contribution in [0.4, 0.5) is 10.5 Å². The molecule has 1 heterocycles. The minimum Gasteiger partial charge on any atom is -0.323 e. The zero-order chi connectivity index (χ0) is 22.0. The zero-order valence-corrected chi connectivity index (χ0v) is 18.8. The van der Waals surface area contributed by atoms with Crippen LogP contribution in [0.2, 0.25) is 5.02 Å². The molecule has 6 nitrogen and oxygen atoms in total. The molecule has 0 radical (unpaired) electrons. The van der Waals surface area contributed by atoms with Crippen LogP contribution in [-0.2, 0) is 9.59 Å². The third-order valence-corrected chi connectivity index (χ3v) is 7.34. The number of hydrogen-bond acceptors (Lipinski definition) is 4. The Balaban J connectivity index is 1.45. The fraction of sp³-hybridized carbons (Fsp3) is 0.348. The van der Waals surface area contributed by atoms with Gasteiger partial charge in [-0.3, -0.25) is 14.5 Å². The number of anilines is 1. The second-order valence-corrected chi connectivity index (χ2v) is 9.59. The van der Waals surface area contributed by atoms with E-state index in [2.05, 4.69) is 10.6 Å². The number of para-hydroxylation sites is 1. The number of nitrogens with one attached hydrogen (secondary N) is 2. The van der Waals surface area contributed by atoms with Crippen molar-refractivity contribution in [1.29, 1.82) is 0 Å². The van der Waals surface area contributed by atoms with Crippen LogP contribution in [-0.4, -0.2) is 34.8 Å². The van der Waals surface area contributed by atoms with Gasteiger partial charge in [-0.05, 0) is 55.2 Å². The number of hydrogen-bond donors (Lipinski definition) is 2. The lowest BCUT2D eigenvalue weighted by Crippen LogP contribution is -2.54. The normalized spacial score (nSPS) is 23.2. The van der Waals surface area contributed by atoms with E-state index in [0.29, 0.717) is 17.1 Å². The summed E-state index contributed by atoms with van der Waals surface area (Å²) in [7, 11) is 0. The number of urea groups is 1. The van der Waals surface area contributed by atoms with Crippen molar-refractivity contribution in [2.75, 3.05) is 11.9 Å². The fourth-order valence-corrected chi connectivity index (χ4v) is 5.29. The molecular formula is C23H24ClN3O3S. The molecule has 1 saturated heterocycles. The van der Waals surface area contributed by atoms with Crippen LogP contribution in [0, 0.1) is 5.92 Å². The molecule has 2 fully saturated rings. The number of imide groups is 1. The van der Waals surface area contributed by atoms with E-state index in [-0.39, 0.29) is 18.4 Å². The summed E-state index contributed by atoms with van der Waals surface area (Å²) >= 11 is 7.44. The Morgan fingerprint density at radius 3 is 2.68 bits per heavy atom. The van der Waals surface area contributed by atoms with E-state index in [1.54, 1.807) is 6.07 Å². The molecule has 0 unspecified atom stereocenters. The van der Waals surface area contributed by atoms with E-state index in [0.717, 1.165) is 34.0 Å². The summed E-state index contributed by atoms with van der Waals surface area (Å²) in [6.07, 6.45) is 3.46.